The fraction of sp³-hybridized carbons (Fsp3) is 0.308. The van der Waals surface area contributed by atoms with Crippen LogP contribution in [0.5, 0.6) is 0 Å². The average Bonchev–Trinajstić information content (AvgIpc) is 2.96. The maximum Gasteiger partial charge on any atom is 0.267 e. The maximum absolute atomic E-state index is 12.1. The Morgan fingerprint density at radius 2 is 2.28 bits per heavy atom. The van der Waals surface area contributed by atoms with E-state index in [1.165, 1.54) is 0 Å². The van der Waals surface area contributed by atoms with E-state index in [0.717, 1.165) is 34.9 Å². The van der Waals surface area contributed by atoms with E-state index in [9.17, 15) is 4.79 Å². The summed E-state index contributed by atoms with van der Waals surface area (Å²) in [5, 5.41) is 7.31. The molecule has 1 amide bonds. The number of rotatable bonds is 2. The molecule has 1 unspecified atom stereocenters. The minimum Gasteiger partial charge on any atom is -0.350 e. The number of benzene rings is 1. The average molecular weight is 308 g/mol. The van der Waals surface area contributed by atoms with Gasteiger partial charge in [-0.2, -0.15) is 0 Å². The molecule has 1 atom stereocenters. The van der Waals surface area contributed by atoms with Crippen molar-refractivity contribution < 1.29 is 4.79 Å². The highest BCUT2D eigenvalue weighted by Gasteiger charge is 2.18. The van der Waals surface area contributed by atoms with Crippen LogP contribution in [0.25, 0.3) is 10.9 Å². The third-order valence-electron chi connectivity index (χ3n) is 3.22. The maximum atomic E-state index is 12.1. The first-order valence-electron chi connectivity index (χ1n) is 6.02. The summed E-state index contributed by atoms with van der Waals surface area (Å²) in [4.78, 5) is 15.2. The Morgan fingerprint density at radius 3 is 3.06 bits per heavy atom. The molecule has 1 aliphatic rings. The zero-order valence-electron chi connectivity index (χ0n) is 9.79. The molecule has 4 nitrogen and oxygen atoms in total. The standard InChI is InChI=1S/C13H14BrN3O/c14-9-2-1-8-5-12(17-11(8)6-9)13(18)16-10-3-4-15-7-10/h1-2,5-6,10,15,17H,3-4,7H2,(H,16,18). The monoisotopic (exact) mass is 307 g/mol. The predicted molar refractivity (Wildman–Crippen MR) is 74.7 cm³/mol. The van der Waals surface area contributed by atoms with Crippen molar-refractivity contribution in [2.24, 2.45) is 0 Å². The van der Waals surface area contributed by atoms with Crippen LogP contribution in [0.4, 0.5) is 0 Å². The summed E-state index contributed by atoms with van der Waals surface area (Å²) < 4.78 is 1.00. The number of H-pyrrole nitrogens is 1. The lowest BCUT2D eigenvalue weighted by Gasteiger charge is -2.09. The molecule has 18 heavy (non-hydrogen) atoms. The third kappa shape index (κ3) is 2.28. The summed E-state index contributed by atoms with van der Waals surface area (Å²) in [6.07, 6.45) is 0.998. The van der Waals surface area contributed by atoms with Gasteiger partial charge in [0, 0.05) is 28.0 Å². The molecule has 3 N–H and O–H groups in total. The molecule has 2 aromatic rings. The number of amides is 1. The van der Waals surface area contributed by atoms with E-state index in [0.29, 0.717) is 5.69 Å². The highest BCUT2D eigenvalue weighted by molar-refractivity contribution is 9.10. The molecule has 0 saturated carbocycles. The van der Waals surface area contributed by atoms with Crippen molar-refractivity contribution in [2.45, 2.75) is 12.5 Å². The number of hydrogen-bond donors (Lipinski definition) is 3. The second-order valence-electron chi connectivity index (χ2n) is 4.58. The Hall–Kier alpha value is -1.33. The number of carbonyl (C=O) groups excluding carboxylic acids is 1. The first-order valence-corrected chi connectivity index (χ1v) is 6.81. The molecule has 94 valence electrons. The molecular weight excluding hydrogens is 294 g/mol. The normalized spacial score (nSPS) is 19.3. The van der Waals surface area contributed by atoms with Gasteiger partial charge in [0.2, 0.25) is 0 Å². The van der Waals surface area contributed by atoms with Crippen LogP contribution in [-0.2, 0) is 0 Å². The highest BCUT2D eigenvalue weighted by atomic mass is 79.9. The van der Waals surface area contributed by atoms with Gasteiger partial charge in [-0.3, -0.25) is 4.79 Å². The van der Waals surface area contributed by atoms with Gasteiger partial charge in [0.15, 0.2) is 0 Å². The van der Waals surface area contributed by atoms with Crippen LogP contribution < -0.4 is 10.6 Å². The molecule has 0 radical (unpaired) electrons. The van der Waals surface area contributed by atoms with Crippen molar-refractivity contribution in [2.75, 3.05) is 13.1 Å². The van der Waals surface area contributed by atoms with E-state index < -0.39 is 0 Å². The Kier molecular flexibility index (Phi) is 3.09. The fourth-order valence-electron chi connectivity index (χ4n) is 2.26. The van der Waals surface area contributed by atoms with Crippen LogP contribution in [0, 0.1) is 0 Å². The summed E-state index contributed by atoms with van der Waals surface area (Å²) in [6.45, 7) is 1.84. The number of hydrogen-bond acceptors (Lipinski definition) is 2. The molecule has 0 bridgehead atoms. The summed E-state index contributed by atoms with van der Waals surface area (Å²) in [6, 6.07) is 8.07. The van der Waals surface area contributed by atoms with E-state index in [4.69, 9.17) is 0 Å². The van der Waals surface area contributed by atoms with Gasteiger partial charge in [0.1, 0.15) is 5.69 Å². The lowest BCUT2D eigenvalue weighted by molar-refractivity contribution is 0.0936. The number of carbonyl (C=O) groups is 1. The summed E-state index contributed by atoms with van der Waals surface area (Å²) in [5.41, 5.74) is 1.59. The zero-order chi connectivity index (χ0) is 12.5. The first kappa shape index (κ1) is 11.7. The van der Waals surface area contributed by atoms with Crippen LogP contribution >= 0.6 is 15.9 Å². The fourth-order valence-corrected chi connectivity index (χ4v) is 2.62. The molecule has 1 fully saturated rings. The summed E-state index contributed by atoms with van der Waals surface area (Å²) in [5.74, 6) is -0.0315. The number of nitrogens with one attached hydrogen (secondary N) is 3. The molecule has 1 aromatic carbocycles. The van der Waals surface area contributed by atoms with Crippen molar-refractivity contribution in [3.8, 4) is 0 Å². The van der Waals surface area contributed by atoms with E-state index in [1.807, 2.05) is 24.3 Å². The molecular formula is C13H14BrN3O. The van der Waals surface area contributed by atoms with Crippen LogP contribution in [0.3, 0.4) is 0 Å². The van der Waals surface area contributed by atoms with Crippen LogP contribution in [0.1, 0.15) is 16.9 Å². The lowest BCUT2D eigenvalue weighted by Crippen LogP contribution is -2.36. The summed E-state index contributed by atoms with van der Waals surface area (Å²) >= 11 is 3.42. The smallest absolute Gasteiger partial charge is 0.267 e. The van der Waals surface area contributed by atoms with E-state index in [2.05, 4.69) is 31.5 Å². The van der Waals surface area contributed by atoms with Crippen molar-refractivity contribution in [1.29, 1.82) is 0 Å². The second kappa shape index (κ2) is 4.74. The first-order chi connectivity index (χ1) is 8.72. The minimum atomic E-state index is -0.0315. The zero-order valence-corrected chi connectivity index (χ0v) is 11.4. The molecule has 5 heteroatoms. The van der Waals surface area contributed by atoms with E-state index in [1.54, 1.807) is 0 Å². The Labute approximate surface area is 113 Å². The van der Waals surface area contributed by atoms with Gasteiger partial charge in [-0.1, -0.05) is 22.0 Å². The highest BCUT2D eigenvalue weighted by Crippen LogP contribution is 2.20. The lowest BCUT2D eigenvalue weighted by atomic mass is 10.2. The van der Waals surface area contributed by atoms with Gasteiger partial charge in [-0.25, -0.2) is 0 Å². The molecule has 2 heterocycles. The molecule has 1 aliphatic heterocycles. The molecule has 0 aliphatic carbocycles. The van der Waals surface area contributed by atoms with Gasteiger partial charge in [0.05, 0.1) is 0 Å². The van der Waals surface area contributed by atoms with Crippen molar-refractivity contribution >= 4 is 32.7 Å². The Bertz CT molecular complexity index is 587. The number of fused-ring (bicyclic) bond motifs is 1. The Morgan fingerprint density at radius 1 is 1.39 bits per heavy atom. The van der Waals surface area contributed by atoms with E-state index >= 15 is 0 Å². The molecule has 0 spiro atoms. The van der Waals surface area contributed by atoms with E-state index in [-0.39, 0.29) is 11.9 Å². The number of halogens is 1. The Balaban J connectivity index is 1.82. The quantitative estimate of drug-likeness (QED) is 0.795. The van der Waals surface area contributed by atoms with Crippen LogP contribution in [-0.4, -0.2) is 30.0 Å². The summed E-state index contributed by atoms with van der Waals surface area (Å²) in [7, 11) is 0. The molecule has 1 saturated heterocycles. The van der Waals surface area contributed by atoms with Crippen molar-refractivity contribution in [3.63, 3.8) is 0 Å². The molecule has 1 aromatic heterocycles. The topological polar surface area (TPSA) is 56.9 Å². The van der Waals surface area contributed by atoms with Crippen LogP contribution in [0.15, 0.2) is 28.7 Å². The predicted octanol–water partition coefficient (Wildman–Crippen LogP) is 2.02. The van der Waals surface area contributed by atoms with Crippen molar-refractivity contribution in [3.05, 3.63) is 34.4 Å². The SMILES string of the molecule is O=C(NC1CCNC1)c1cc2ccc(Br)cc2[nH]1. The molecule has 3 rings (SSSR count). The second-order valence-corrected chi connectivity index (χ2v) is 5.49. The van der Waals surface area contributed by atoms with Crippen molar-refractivity contribution in [1.82, 2.24) is 15.6 Å². The number of aromatic nitrogens is 1. The largest absolute Gasteiger partial charge is 0.350 e. The van der Waals surface area contributed by atoms with Crippen LogP contribution in [0.2, 0.25) is 0 Å². The van der Waals surface area contributed by atoms with Gasteiger partial charge in [0.25, 0.3) is 5.91 Å². The van der Waals surface area contributed by atoms with Gasteiger partial charge in [-0.15, -0.1) is 0 Å². The van der Waals surface area contributed by atoms with Gasteiger partial charge in [-0.05, 0) is 31.2 Å². The van der Waals surface area contributed by atoms with Gasteiger partial charge < -0.3 is 15.6 Å². The minimum absolute atomic E-state index is 0.0315. The number of aromatic amines is 1. The van der Waals surface area contributed by atoms with Gasteiger partial charge >= 0.3 is 0 Å². The third-order valence-corrected chi connectivity index (χ3v) is 3.72.